The normalized spacial score (nSPS) is 14.4. The van der Waals surface area contributed by atoms with Crippen molar-refractivity contribution in [3.05, 3.63) is 76.9 Å². The summed E-state index contributed by atoms with van der Waals surface area (Å²) in [6.45, 7) is 9.74. The second-order valence-electron chi connectivity index (χ2n) is 8.97. The van der Waals surface area contributed by atoms with Crippen LogP contribution in [-0.2, 0) is 13.2 Å². The van der Waals surface area contributed by atoms with Crippen molar-refractivity contribution in [1.82, 2.24) is 29.2 Å². The van der Waals surface area contributed by atoms with Gasteiger partial charge in [-0.05, 0) is 44.3 Å². The Labute approximate surface area is 209 Å². The molecule has 0 bridgehead atoms. The number of likely N-dealkylation sites (N-methyl/N-ethyl adjacent to an activating group) is 1. The highest BCUT2D eigenvalue weighted by molar-refractivity contribution is 5.77. The quantitative estimate of drug-likeness (QED) is 0.384. The van der Waals surface area contributed by atoms with E-state index in [1.807, 2.05) is 43.3 Å². The van der Waals surface area contributed by atoms with Gasteiger partial charge in [-0.1, -0.05) is 12.1 Å². The van der Waals surface area contributed by atoms with Crippen LogP contribution in [-0.4, -0.2) is 67.5 Å². The summed E-state index contributed by atoms with van der Waals surface area (Å²) in [6, 6.07) is 11.5. The van der Waals surface area contributed by atoms with Crippen molar-refractivity contribution in [1.29, 1.82) is 0 Å². The first-order chi connectivity index (χ1) is 17.5. The van der Waals surface area contributed by atoms with Crippen molar-refractivity contribution < 1.29 is 5.11 Å². The van der Waals surface area contributed by atoms with E-state index in [1.165, 1.54) is 6.20 Å². The van der Waals surface area contributed by atoms with Gasteiger partial charge < -0.3 is 20.2 Å². The number of nitrogens with one attached hydrogen (secondary N) is 1. The molecule has 1 saturated heterocycles. The molecule has 4 aromatic rings. The predicted molar refractivity (Wildman–Crippen MR) is 141 cm³/mol. The summed E-state index contributed by atoms with van der Waals surface area (Å²) in [4.78, 5) is 31.4. The zero-order valence-electron chi connectivity index (χ0n) is 20.6. The van der Waals surface area contributed by atoms with Crippen molar-refractivity contribution in [3.63, 3.8) is 0 Å². The summed E-state index contributed by atoms with van der Waals surface area (Å²) in [5, 5.41) is 13.7. The minimum absolute atomic E-state index is 0.0694. The number of anilines is 3. The molecule has 0 amide bonds. The largest absolute Gasteiger partial charge is 0.392 e. The van der Waals surface area contributed by atoms with Crippen molar-refractivity contribution in [2.45, 2.75) is 20.1 Å². The number of hydrogen-bond acceptors (Lipinski definition) is 8. The highest BCUT2D eigenvalue weighted by atomic mass is 16.3. The molecule has 10 heteroatoms. The minimum Gasteiger partial charge on any atom is -0.392 e. The number of aliphatic hydroxyl groups excluding tert-OH is 1. The lowest BCUT2D eigenvalue weighted by molar-refractivity contribution is 0.280. The van der Waals surface area contributed by atoms with E-state index in [9.17, 15) is 9.90 Å². The fourth-order valence-corrected chi connectivity index (χ4v) is 4.53. The van der Waals surface area contributed by atoms with Crippen LogP contribution in [0.5, 0.6) is 0 Å². The molecule has 0 spiro atoms. The highest BCUT2D eigenvalue weighted by Gasteiger charge is 2.19. The SMILES string of the molecule is C=CCn1c(=O)c2cnc(Nc3ccc(N4CCN(C)CC4)c(CO)c3)nc2n1-c1cccc(C)n1. The zero-order valence-corrected chi connectivity index (χ0v) is 20.6. The van der Waals surface area contributed by atoms with Crippen LogP contribution < -0.4 is 15.8 Å². The fraction of sp³-hybridized carbons (Fsp3) is 0.308. The summed E-state index contributed by atoms with van der Waals surface area (Å²) < 4.78 is 3.25. The first kappa shape index (κ1) is 23.7. The molecule has 1 fully saturated rings. The van der Waals surface area contributed by atoms with Crippen LogP contribution in [0.3, 0.4) is 0 Å². The van der Waals surface area contributed by atoms with Gasteiger partial charge in [-0.2, -0.15) is 4.98 Å². The minimum atomic E-state index is -0.209. The molecule has 186 valence electrons. The van der Waals surface area contributed by atoms with Crippen LogP contribution in [0, 0.1) is 6.92 Å². The first-order valence-corrected chi connectivity index (χ1v) is 12.0. The van der Waals surface area contributed by atoms with E-state index in [-0.39, 0.29) is 12.2 Å². The molecular formula is C26H30N8O2. The number of pyridine rings is 1. The lowest BCUT2D eigenvalue weighted by atomic mass is 10.1. The lowest BCUT2D eigenvalue weighted by Gasteiger charge is -2.35. The Morgan fingerprint density at radius 2 is 1.94 bits per heavy atom. The van der Waals surface area contributed by atoms with Crippen LogP contribution >= 0.6 is 0 Å². The van der Waals surface area contributed by atoms with Gasteiger partial charge >= 0.3 is 0 Å². The molecule has 2 N–H and O–H groups in total. The Bertz CT molecular complexity index is 1470. The Kier molecular flexibility index (Phi) is 6.53. The van der Waals surface area contributed by atoms with Gasteiger partial charge in [-0.15, -0.1) is 6.58 Å². The van der Waals surface area contributed by atoms with E-state index in [2.05, 4.69) is 43.7 Å². The number of benzene rings is 1. The van der Waals surface area contributed by atoms with Gasteiger partial charge in [0.05, 0.1) is 13.2 Å². The van der Waals surface area contributed by atoms with Crippen LogP contribution in [0.25, 0.3) is 16.9 Å². The Morgan fingerprint density at radius 3 is 2.67 bits per heavy atom. The molecule has 1 aromatic carbocycles. The Hall–Kier alpha value is -4.02. The van der Waals surface area contributed by atoms with Gasteiger partial charge in [0.2, 0.25) is 5.95 Å². The number of fused-ring (bicyclic) bond motifs is 1. The van der Waals surface area contributed by atoms with E-state index in [1.54, 1.807) is 15.4 Å². The van der Waals surface area contributed by atoms with Gasteiger partial charge in [-0.3, -0.25) is 4.79 Å². The smallest absolute Gasteiger partial charge is 0.278 e. The van der Waals surface area contributed by atoms with Crippen LogP contribution in [0.1, 0.15) is 11.3 Å². The monoisotopic (exact) mass is 486 g/mol. The average Bonchev–Trinajstić information content (AvgIpc) is 3.15. The first-order valence-electron chi connectivity index (χ1n) is 12.0. The van der Waals surface area contributed by atoms with E-state index >= 15 is 0 Å². The molecule has 1 aliphatic heterocycles. The summed E-state index contributed by atoms with van der Waals surface area (Å²) in [6.07, 6.45) is 3.20. The third-order valence-corrected chi connectivity index (χ3v) is 6.42. The molecule has 1 aliphatic rings. The fourth-order valence-electron chi connectivity index (χ4n) is 4.53. The number of piperazine rings is 1. The van der Waals surface area contributed by atoms with Crippen LogP contribution in [0.2, 0.25) is 0 Å². The molecule has 0 radical (unpaired) electrons. The lowest BCUT2D eigenvalue weighted by Crippen LogP contribution is -2.44. The van der Waals surface area contributed by atoms with Crippen molar-refractivity contribution in [3.8, 4) is 5.82 Å². The van der Waals surface area contributed by atoms with Gasteiger partial charge in [-0.25, -0.2) is 19.3 Å². The number of nitrogens with zero attached hydrogens (tertiary/aromatic N) is 7. The number of aryl methyl sites for hydroxylation is 1. The van der Waals surface area contributed by atoms with Crippen molar-refractivity contribution >= 4 is 28.4 Å². The van der Waals surface area contributed by atoms with E-state index in [4.69, 9.17) is 0 Å². The Balaban J connectivity index is 1.51. The van der Waals surface area contributed by atoms with E-state index in [0.717, 1.165) is 48.8 Å². The molecule has 10 nitrogen and oxygen atoms in total. The summed E-state index contributed by atoms with van der Waals surface area (Å²) in [5.74, 6) is 0.934. The summed E-state index contributed by atoms with van der Waals surface area (Å²) in [7, 11) is 2.12. The van der Waals surface area contributed by atoms with Crippen LogP contribution in [0.15, 0.2) is 60.0 Å². The van der Waals surface area contributed by atoms with Gasteiger partial charge in [0, 0.05) is 55.0 Å². The second kappa shape index (κ2) is 9.92. The molecule has 36 heavy (non-hydrogen) atoms. The Morgan fingerprint density at radius 1 is 1.14 bits per heavy atom. The van der Waals surface area contributed by atoms with E-state index in [0.29, 0.717) is 29.3 Å². The molecule has 3 aromatic heterocycles. The number of rotatable bonds is 7. The number of hydrogen-bond donors (Lipinski definition) is 2. The third kappa shape index (κ3) is 4.48. The predicted octanol–water partition coefficient (Wildman–Crippen LogP) is 2.46. The molecule has 5 rings (SSSR count). The van der Waals surface area contributed by atoms with Crippen molar-refractivity contribution in [2.75, 3.05) is 43.4 Å². The second-order valence-corrected chi connectivity index (χ2v) is 8.97. The molecular weight excluding hydrogens is 456 g/mol. The average molecular weight is 487 g/mol. The molecule has 0 atom stereocenters. The van der Waals surface area contributed by atoms with Gasteiger partial charge in [0.1, 0.15) is 5.39 Å². The van der Waals surface area contributed by atoms with E-state index < -0.39 is 0 Å². The maximum Gasteiger partial charge on any atom is 0.278 e. The molecule has 0 aliphatic carbocycles. The number of aromatic nitrogens is 5. The number of allylic oxidation sites excluding steroid dienone is 1. The molecule has 4 heterocycles. The van der Waals surface area contributed by atoms with Crippen LogP contribution in [0.4, 0.5) is 17.3 Å². The maximum atomic E-state index is 13.1. The highest BCUT2D eigenvalue weighted by Crippen LogP contribution is 2.27. The third-order valence-electron chi connectivity index (χ3n) is 6.42. The molecule has 0 saturated carbocycles. The topological polar surface area (TPSA) is 104 Å². The number of aliphatic hydroxyl groups is 1. The summed E-state index contributed by atoms with van der Waals surface area (Å²) >= 11 is 0. The summed E-state index contributed by atoms with van der Waals surface area (Å²) in [5.41, 5.74) is 3.70. The van der Waals surface area contributed by atoms with Gasteiger partial charge in [0.15, 0.2) is 11.5 Å². The van der Waals surface area contributed by atoms with Gasteiger partial charge in [0.25, 0.3) is 5.56 Å². The molecule has 0 unspecified atom stereocenters. The zero-order chi connectivity index (χ0) is 25.2. The van der Waals surface area contributed by atoms with Crippen molar-refractivity contribution in [2.24, 2.45) is 0 Å². The standard InChI is InChI=1S/C26H30N8O2/c1-4-10-33-25(36)21-16-27-26(30-24(21)34(33)23-7-5-6-18(2)28-23)29-20-8-9-22(19(15-20)17-35)32-13-11-31(3)12-14-32/h4-9,15-16,35H,1,10-14,17H2,2-3H3,(H,27,29,30). The maximum absolute atomic E-state index is 13.1.